The van der Waals surface area contributed by atoms with Gasteiger partial charge in [0, 0.05) is 13.0 Å². The summed E-state index contributed by atoms with van der Waals surface area (Å²) in [6, 6.07) is 5.52. The third-order valence-electron chi connectivity index (χ3n) is 4.09. The van der Waals surface area contributed by atoms with E-state index in [1.807, 2.05) is 26.0 Å². The SMILES string of the molecule is Cc1ccc(C)c(CC(=O)C2(C(F)(F)F)CCNC2)c1. The van der Waals surface area contributed by atoms with E-state index in [-0.39, 0.29) is 25.9 Å². The molecule has 1 aromatic carbocycles. The summed E-state index contributed by atoms with van der Waals surface area (Å²) in [5.74, 6) is -0.733. The summed E-state index contributed by atoms with van der Waals surface area (Å²) in [5, 5.41) is 2.67. The van der Waals surface area contributed by atoms with E-state index in [0.717, 1.165) is 11.1 Å². The lowest BCUT2D eigenvalue weighted by Crippen LogP contribution is -2.47. The van der Waals surface area contributed by atoms with Crippen LogP contribution < -0.4 is 5.32 Å². The molecule has 1 atom stereocenters. The Kier molecular flexibility index (Phi) is 3.91. The van der Waals surface area contributed by atoms with Crippen molar-refractivity contribution in [1.29, 1.82) is 0 Å². The maximum Gasteiger partial charge on any atom is 0.402 e. The van der Waals surface area contributed by atoms with Crippen LogP contribution in [-0.4, -0.2) is 25.0 Å². The number of carbonyl (C=O) groups is 1. The Morgan fingerprint density at radius 2 is 2.05 bits per heavy atom. The number of benzene rings is 1. The Balaban J connectivity index is 2.28. The van der Waals surface area contributed by atoms with Gasteiger partial charge >= 0.3 is 6.18 Å². The largest absolute Gasteiger partial charge is 0.402 e. The van der Waals surface area contributed by atoms with Gasteiger partial charge in [-0.05, 0) is 37.9 Å². The summed E-state index contributed by atoms with van der Waals surface area (Å²) in [4.78, 5) is 12.3. The molecule has 1 aliphatic heterocycles. The minimum atomic E-state index is -4.49. The molecule has 1 fully saturated rings. The molecule has 1 unspecified atom stereocenters. The lowest BCUT2D eigenvalue weighted by atomic mass is 9.78. The van der Waals surface area contributed by atoms with E-state index in [4.69, 9.17) is 0 Å². The fraction of sp³-hybridized carbons (Fsp3) is 0.533. The van der Waals surface area contributed by atoms with Crippen molar-refractivity contribution in [2.45, 2.75) is 32.9 Å². The van der Waals surface area contributed by atoms with Crippen LogP contribution in [0.2, 0.25) is 0 Å². The third-order valence-corrected chi connectivity index (χ3v) is 4.09. The number of rotatable bonds is 3. The molecule has 1 saturated heterocycles. The molecule has 0 aliphatic carbocycles. The van der Waals surface area contributed by atoms with Gasteiger partial charge in [-0.3, -0.25) is 4.79 Å². The molecule has 1 aliphatic rings. The molecule has 0 aromatic heterocycles. The number of hydrogen-bond acceptors (Lipinski definition) is 2. The lowest BCUT2D eigenvalue weighted by molar-refractivity contribution is -0.214. The number of hydrogen-bond donors (Lipinski definition) is 1. The Hall–Kier alpha value is -1.36. The molecule has 2 rings (SSSR count). The maximum absolute atomic E-state index is 13.3. The molecule has 0 amide bonds. The van der Waals surface area contributed by atoms with Gasteiger partial charge in [-0.1, -0.05) is 23.8 Å². The smallest absolute Gasteiger partial charge is 0.315 e. The molecular weight excluding hydrogens is 267 g/mol. The number of halogens is 3. The summed E-state index contributed by atoms with van der Waals surface area (Å²) >= 11 is 0. The molecule has 1 N–H and O–H groups in total. The minimum absolute atomic E-state index is 0.158. The van der Waals surface area contributed by atoms with Crippen LogP contribution >= 0.6 is 0 Å². The predicted octanol–water partition coefficient (Wildman–Crippen LogP) is 2.96. The van der Waals surface area contributed by atoms with Gasteiger partial charge in [0.25, 0.3) is 0 Å². The van der Waals surface area contributed by atoms with Crippen LogP contribution in [0.3, 0.4) is 0 Å². The van der Waals surface area contributed by atoms with Crippen molar-refractivity contribution in [3.05, 3.63) is 34.9 Å². The van der Waals surface area contributed by atoms with Gasteiger partial charge in [-0.2, -0.15) is 13.2 Å². The Morgan fingerprint density at radius 1 is 1.35 bits per heavy atom. The molecule has 0 bridgehead atoms. The highest BCUT2D eigenvalue weighted by molar-refractivity contribution is 5.88. The number of aryl methyl sites for hydroxylation is 2. The number of nitrogens with one attached hydrogen (secondary N) is 1. The first kappa shape index (κ1) is 15.0. The van der Waals surface area contributed by atoms with E-state index < -0.39 is 17.4 Å². The zero-order valence-electron chi connectivity index (χ0n) is 11.6. The van der Waals surface area contributed by atoms with Crippen molar-refractivity contribution in [3.63, 3.8) is 0 Å². The van der Waals surface area contributed by atoms with Gasteiger partial charge < -0.3 is 5.32 Å². The molecule has 110 valence electrons. The summed E-state index contributed by atoms with van der Waals surface area (Å²) in [5.41, 5.74) is 0.269. The second-order valence-electron chi connectivity index (χ2n) is 5.54. The third kappa shape index (κ3) is 2.59. The molecule has 0 spiro atoms. The first-order chi connectivity index (χ1) is 9.26. The topological polar surface area (TPSA) is 29.1 Å². The fourth-order valence-corrected chi connectivity index (χ4v) is 2.66. The van der Waals surface area contributed by atoms with Crippen LogP contribution in [0.4, 0.5) is 13.2 Å². The molecule has 0 radical (unpaired) electrons. The van der Waals surface area contributed by atoms with Crippen LogP contribution in [0, 0.1) is 19.3 Å². The molecule has 2 nitrogen and oxygen atoms in total. The quantitative estimate of drug-likeness (QED) is 0.925. The van der Waals surface area contributed by atoms with Gasteiger partial charge in [0.15, 0.2) is 5.78 Å². The standard InChI is InChI=1S/C15H18F3NO/c1-10-3-4-11(2)12(7-10)8-13(20)14(15(16,17)18)5-6-19-9-14/h3-4,7,19H,5-6,8-9H2,1-2H3. The van der Waals surface area contributed by atoms with Crippen LogP contribution in [-0.2, 0) is 11.2 Å². The van der Waals surface area contributed by atoms with E-state index in [0.29, 0.717) is 5.56 Å². The van der Waals surface area contributed by atoms with E-state index in [1.54, 1.807) is 6.07 Å². The second kappa shape index (κ2) is 5.20. The molecule has 5 heteroatoms. The van der Waals surface area contributed by atoms with E-state index in [9.17, 15) is 18.0 Å². The van der Waals surface area contributed by atoms with E-state index in [1.165, 1.54) is 0 Å². The van der Waals surface area contributed by atoms with Crippen LogP contribution in [0.15, 0.2) is 18.2 Å². The zero-order chi connectivity index (χ0) is 15.0. The van der Waals surface area contributed by atoms with Crippen LogP contribution in [0.25, 0.3) is 0 Å². The van der Waals surface area contributed by atoms with E-state index >= 15 is 0 Å². The van der Waals surface area contributed by atoms with Gasteiger partial charge in [-0.25, -0.2) is 0 Å². The van der Waals surface area contributed by atoms with Gasteiger partial charge in [0.1, 0.15) is 5.41 Å². The minimum Gasteiger partial charge on any atom is -0.315 e. The maximum atomic E-state index is 13.3. The number of Topliss-reactive ketones (excluding diaryl/α,β-unsaturated/α-hetero) is 1. The predicted molar refractivity (Wildman–Crippen MR) is 70.6 cm³/mol. The van der Waals surface area contributed by atoms with Gasteiger partial charge in [0.05, 0.1) is 0 Å². The Morgan fingerprint density at radius 3 is 2.60 bits per heavy atom. The molecular formula is C15H18F3NO. The first-order valence-corrected chi connectivity index (χ1v) is 6.63. The van der Waals surface area contributed by atoms with Gasteiger partial charge in [0.2, 0.25) is 0 Å². The molecule has 0 saturated carbocycles. The Labute approximate surface area is 116 Å². The van der Waals surface area contributed by atoms with Crippen molar-refractivity contribution in [2.75, 3.05) is 13.1 Å². The summed E-state index contributed by atoms with van der Waals surface area (Å²) in [6.07, 6.45) is -4.82. The zero-order valence-corrected chi connectivity index (χ0v) is 11.6. The van der Waals surface area contributed by atoms with Crippen molar-refractivity contribution in [2.24, 2.45) is 5.41 Å². The van der Waals surface area contributed by atoms with Crippen molar-refractivity contribution in [1.82, 2.24) is 5.32 Å². The summed E-state index contributed by atoms with van der Waals surface area (Å²) in [7, 11) is 0. The van der Waals surface area contributed by atoms with Crippen molar-refractivity contribution >= 4 is 5.78 Å². The van der Waals surface area contributed by atoms with Crippen LogP contribution in [0.5, 0.6) is 0 Å². The lowest BCUT2D eigenvalue weighted by Gasteiger charge is -2.29. The van der Waals surface area contributed by atoms with Crippen molar-refractivity contribution < 1.29 is 18.0 Å². The summed E-state index contributed by atoms with van der Waals surface area (Å²) in [6.45, 7) is 3.61. The number of carbonyl (C=O) groups excluding carboxylic acids is 1. The van der Waals surface area contributed by atoms with Crippen molar-refractivity contribution in [3.8, 4) is 0 Å². The van der Waals surface area contributed by atoms with Gasteiger partial charge in [-0.15, -0.1) is 0 Å². The number of alkyl halides is 3. The van der Waals surface area contributed by atoms with E-state index in [2.05, 4.69) is 5.32 Å². The normalized spacial score (nSPS) is 23.1. The molecule has 20 heavy (non-hydrogen) atoms. The number of ketones is 1. The first-order valence-electron chi connectivity index (χ1n) is 6.63. The average molecular weight is 285 g/mol. The second-order valence-corrected chi connectivity index (χ2v) is 5.54. The molecule has 1 heterocycles. The highest BCUT2D eigenvalue weighted by Crippen LogP contribution is 2.44. The highest BCUT2D eigenvalue weighted by Gasteiger charge is 2.60. The fourth-order valence-electron chi connectivity index (χ4n) is 2.66. The average Bonchev–Trinajstić information content (AvgIpc) is 2.83. The molecule has 1 aromatic rings. The van der Waals surface area contributed by atoms with Crippen LogP contribution in [0.1, 0.15) is 23.1 Å². The highest BCUT2D eigenvalue weighted by atomic mass is 19.4. The Bertz CT molecular complexity index is 516. The summed E-state index contributed by atoms with van der Waals surface area (Å²) < 4.78 is 39.9. The monoisotopic (exact) mass is 285 g/mol.